The van der Waals surface area contributed by atoms with Gasteiger partial charge in [0.1, 0.15) is 29.3 Å². The lowest BCUT2D eigenvalue weighted by atomic mass is 9.93. The van der Waals surface area contributed by atoms with Gasteiger partial charge in [0.15, 0.2) is 23.8 Å². The largest absolute Gasteiger partial charge is 0.415 e. The average molecular weight is 606 g/mol. The van der Waals surface area contributed by atoms with Crippen LogP contribution in [0.5, 0.6) is 5.75 Å². The molecule has 1 aliphatic carbocycles. The lowest BCUT2D eigenvalue weighted by Gasteiger charge is -2.31. The number of piperidine rings is 1. The third kappa shape index (κ3) is 5.77. The Morgan fingerprint density at radius 3 is 2.56 bits per heavy atom. The van der Waals surface area contributed by atoms with Gasteiger partial charge in [0.25, 0.3) is 5.91 Å². The van der Waals surface area contributed by atoms with Gasteiger partial charge in [-0.05, 0) is 43.7 Å². The highest BCUT2D eigenvalue weighted by Gasteiger charge is 2.48. The van der Waals surface area contributed by atoms with E-state index in [0.717, 1.165) is 12.8 Å². The van der Waals surface area contributed by atoms with Gasteiger partial charge >= 0.3 is 6.09 Å². The average Bonchev–Trinajstić information content (AvgIpc) is 3.58. The Morgan fingerprint density at radius 1 is 1.10 bits per heavy atom. The molecular weight excluding hydrogens is 577 g/mol. The highest BCUT2D eigenvalue weighted by molar-refractivity contribution is 6.42. The van der Waals surface area contributed by atoms with Gasteiger partial charge in [-0.15, -0.1) is 0 Å². The van der Waals surface area contributed by atoms with Gasteiger partial charge in [0, 0.05) is 31.6 Å². The van der Waals surface area contributed by atoms with E-state index in [4.69, 9.17) is 38.4 Å². The number of aromatic nitrogens is 4. The van der Waals surface area contributed by atoms with Crippen LogP contribution >= 0.6 is 23.2 Å². The highest BCUT2D eigenvalue weighted by Crippen LogP contribution is 2.33. The monoisotopic (exact) mass is 605 g/mol. The summed E-state index contributed by atoms with van der Waals surface area (Å²) >= 11 is 11.9. The van der Waals surface area contributed by atoms with Crippen LogP contribution in [-0.4, -0.2) is 84.1 Å². The molecule has 1 aromatic carbocycles. The third-order valence-electron chi connectivity index (χ3n) is 7.63. The summed E-state index contributed by atoms with van der Waals surface area (Å²) in [5, 5.41) is 24.7. The molecule has 2 aliphatic heterocycles. The van der Waals surface area contributed by atoms with Crippen molar-refractivity contribution >= 4 is 52.2 Å². The molecule has 0 radical (unpaired) electrons. The lowest BCUT2D eigenvalue weighted by Crippen LogP contribution is -2.43. The first-order chi connectivity index (χ1) is 19.7. The van der Waals surface area contributed by atoms with E-state index < -0.39 is 36.5 Å². The number of halogens is 2. The number of ether oxygens (including phenoxy) is 2. The summed E-state index contributed by atoms with van der Waals surface area (Å²) in [4.78, 5) is 40.1. The van der Waals surface area contributed by atoms with Crippen molar-refractivity contribution < 1.29 is 29.3 Å². The van der Waals surface area contributed by atoms with E-state index >= 15 is 0 Å². The summed E-state index contributed by atoms with van der Waals surface area (Å²) in [5.41, 5.74) is 6.85. The number of likely N-dealkylation sites (tertiary alicyclic amines) is 1. The fourth-order valence-electron chi connectivity index (χ4n) is 5.16. The summed E-state index contributed by atoms with van der Waals surface area (Å²) < 4.78 is 12.7. The summed E-state index contributed by atoms with van der Waals surface area (Å²) in [6.45, 7) is 0.982. The first kappa shape index (κ1) is 27.9. The molecule has 2 saturated heterocycles. The smallest absolute Gasteiger partial charge is 0.410 e. The van der Waals surface area contributed by atoms with Crippen LogP contribution in [0.3, 0.4) is 0 Å². The molecule has 3 aliphatic rings. The van der Waals surface area contributed by atoms with E-state index in [1.54, 1.807) is 17.0 Å². The van der Waals surface area contributed by atoms with Crippen molar-refractivity contribution in [2.24, 2.45) is 5.92 Å². The molecule has 1 saturated carbocycles. The van der Waals surface area contributed by atoms with Crippen molar-refractivity contribution in [1.82, 2.24) is 29.7 Å². The molecule has 13 nitrogen and oxygen atoms in total. The Labute approximate surface area is 244 Å². The minimum absolute atomic E-state index is 0.0822. The number of nitrogens with zero attached hydrogens (tertiary/aromatic N) is 5. The number of carbonyl (C=O) groups is 2. The number of benzene rings is 1. The standard InChI is InChI=1S/C26H29Cl2N7O6/c27-15-4-3-14(10-16(15)28)40-26(39)34-7-5-12(6-8-34)9-17-32-22(29)18-23(33-17)35(11-30-18)25-20(37)19(36)21(41-25)24(38)31-13-1-2-13/h3-4,10-13,19-21,25,36-37H,1-2,5-9H2,(H,31,38)(H2,29,32,33)/t19?,20?,21-,25+/m0/s1. The number of fused-ring (bicyclic) bond motifs is 1. The molecule has 218 valence electrons. The zero-order chi connectivity index (χ0) is 28.8. The molecule has 2 aromatic heterocycles. The van der Waals surface area contributed by atoms with Crippen LogP contribution < -0.4 is 15.8 Å². The first-order valence-corrected chi connectivity index (χ1v) is 14.2. The first-order valence-electron chi connectivity index (χ1n) is 13.4. The molecule has 5 N–H and O–H groups in total. The summed E-state index contributed by atoms with van der Waals surface area (Å²) in [6, 6.07) is 4.73. The van der Waals surface area contributed by atoms with E-state index in [0.29, 0.717) is 65.1 Å². The van der Waals surface area contributed by atoms with Gasteiger partial charge in [-0.3, -0.25) is 9.36 Å². The number of nitrogens with two attached hydrogens (primary N) is 1. The van der Waals surface area contributed by atoms with Crippen molar-refractivity contribution in [2.75, 3.05) is 18.8 Å². The number of carbonyl (C=O) groups excluding carboxylic acids is 2. The second kappa shape index (κ2) is 11.2. The zero-order valence-corrected chi connectivity index (χ0v) is 23.3. The third-order valence-corrected chi connectivity index (χ3v) is 8.37. The molecule has 6 rings (SSSR count). The van der Waals surface area contributed by atoms with Gasteiger partial charge in [-0.1, -0.05) is 23.2 Å². The van der Waals surface area contributed by atoms with E-state index in [9.17, 15) is 19.8 Å². The normalized spacial score (nSPS) is 25.0. The Balaban J connectivity index is 1.11. The Kier molecular flexibility index (Phi) is 7.64. The Bertz CT molecular complexity index is 1480. The van der Waals surface area contributed by atoms with Gasteiger partial charge in [-0.2, -0.15) is 0 Å². The number of rotatable bonds is 6. The number of anilines is 1. The van der Waals surface area contributed by atoms with Crippen molar-refractivity contribution in [3.05, 3.63) is 40.4 Å². The van der Waals surface area contributed by atoms with Crippen molar-refractivity contribution in [1.29, 1.82) is 0 Å². The van der Waals surface area contributed by atoms with Crippen LogP contribution in [0.4, 0.5) is 10.6 Å². The molecule has 2 amide bonds. The number of nitrogen functional groups attached to an aromatic ring is 1. The van der Waals surface area contributed by atoms with Gasteiger partial charge in [0.05, 0.1) is 16.4 Å². The second-order valence-electron chi connectivity index (χ2n) is 10.6. The lowest BCUT2D eigenvalue weighted by molar-refractivity contribution is -0.137. The maximum absolute atomic E-state index is 12.6. The fourth-order valence-corrected chi connectivity index (χ4v) is 5.45. The minimum Gasteiger partial charge on any atom is -0.410 e. The number of nitrogens with one attached hydrogen (secondary N) is 1. The maximum atomic E-state index is 12.6. The van der Waals surface area contributed by atoms with Gasteiger partial charge < -0.3 is 35.6 Å². The van der Waals surface area contributed by atoms with Crippen LogP contribution in [0, 0.1) is 5.92 Å². The number of aliphatic hydroxyl groups excluding tert-OH is 2. The predicted molar refractivity (Wildman–Crippen MR) is 147 cm³/mol. The zero-order valence-electron chi connectivity index (χ0n) is 21.8. The molecule has 15 heteroatoms. The maximum Gasteiger partial charge on any atom is 0.415 e. The topological polar surface area (TPSA) is 178 Å². The van der Waals surface area contributed by atoms with Crippen LogP contribution in [0.2, 0.25) is 10.0 Å². The molecule has 0 bridgehead atoms. The second-order valence-corrected chi connectivity index (χ2v) is 11.5. The summed E-state index contributed by atoms with van der Waals surface area (Å²) in [5.74, 6) is 0.682. The molecule has 4 atom stereocenters. The molecule has 4 heterocycles. The molecule has 41 heavy (non-hydrogen) atoms. The Hall–Kier alpha value is -3.23. The van der Waals surface area contributed by atoms with Crippen molar-refractivity contribution in [3.63, 3.8) is 0 Å². The summed E-state index contributed by atoms with van der Waals surface area (Å²) in [7, 11) is 0. The molecule has 3 fully saturated rings. The van der Waals surface area contributed by atoms with Gasteiger partial charge in [-0.25, -0.2) is 19.7 Å². The highest BCUT2D eigenvalue weighted by atomic mass is 35.5. The number of aliphatic hydroxyl groups is 2. The molecular formula is C26H29Cl2N7O6. The summed E-state index contributed by atoms with van der Waals surface area (Å²) in [6.07, 6.45) is -0.494. The van der Waals surface area contributed by atoms with Crippen molar-refractivity contribution in [2.45, 2.75) is 62.7 Å². The molecule has 2 unspecified atom stereocenters. The van der Waals surface area contributed by atoms with E-state index in [-0.39, 0.29) is 17.8 Å². The fraction of sp³-hybridized carbons (Fsp3) is 0.500. The number of imidazole rings is 1. The quantitative estimate of drug-likeness (QED) is 0.325. The van der Waals surface area contributed by atoms with E-state index in [2.05, 4.69) is 20.3 Å². The Morgan fingerprint density at radius 2 is 1.85 bits per heavy atom. The van der Waals surface area contributed by atoms with E-state index in [1.807, 2.05) is 0 Å². The van der Waals surface area contributed by atoms with Crippen LogP contribution in [0.1, 0.15) is 37.7 Å². The number of amides is 2. The molecule has 3 aromatic rings. The molecule has 0 spiro atoms. The van der Waals surface area contributed by atoms with Gasteiger partial charge in [0.2, 0.25) is 0 Å². The number of hydrogen-bond acceptors (Lipinski definition) is 10. The number of hydrogen-bond donors (Lipinski definition) is 4. The minimum atomic E-state index is -1.41. The van der Waals surface area contributed by atoms with Crippen LogP contribution in [0.25, 0.3) is 11.2 Å². The van der Waals surface area contributed by atoms with Crippen LogP contribution in [-0.2, 0) is 16.0 Å². The van der Waals surface area contributed by atoms with E-state index in [1.165, 1.54) is 17.0 Å². The van der Waals surface area contributed by atoms with Crippen molar-refractivity contribution in [3.8, 4) is 5.75 Å². The SMILES string of the molecule is Nc1nc(CC2CCN(C(=O)Oc3ccc(Cl)c(Cl)c3)CC2)nc2c1ncn2[C@@H]1O[C@H](C(=O)NC2CC2)C(O)C1O. The van der Waals surface area contributed by atoms with Crippen LogP contribution in [0.15, 0.2) is 24.5 Å². The predicted octanol–water partition coefficient (Wildman–Crippen LogP) is 2.07.